The topological polar surface area (TPSA) is 32.3 Å². The van der Waals surface area contributed by atoms with Crippen LogP contribution >= 0.6 is 11.6 Å². The fourth-order valence-corrected chi connectivity index (χ4v) is 3.57. The number of amides is 1. The Balaban J connectivity index is 1.81. The summed E-state index contributed by atoms with van der Waals surface area (Å²) in [6.07, 6.45) is 4.35. The number of carbonyl (C=O) groups excluding carboxylic acids is 1. The van der Waals surface area contributed by atoms with E-state index in [4.69, 9.17) is 11.6 Å². The van der Waals surface area contributed by atoms with Gasteiger partial charge in [-0.1, -0.05) is 29.8 Å². The zero-order valence-corrected chi connectivity index (χ0v) is 13.3. The molecule has 2 atom stereocenters. The highest BCUT2D eigenvalue weighted by Gasteiger charge is 2.39. The summed E-state index contributed by atoms with van der Waals surface area (Å²) >= 11 is 6.33. The van der Waals surface area contributed by atoms with Gasteiger partial charge in [-0.25, -0.2) is 0 Å². The minimum absolute atomic E-state index is 0.0561. The van der Waals surface area contributed by atoms with E-state index in [-0.39, 0.29) is 12.0 Å². The van der Waals surface area contributed by atoms with Crippen LogP contribution in [-0.4, -0.2) is 29.9 Å². The van der Waals surface area contributed by atoms with Crippen LogP contribution in [0.15, 0.2) is 24.3 Å². The van der Waals surface area contributed by atoms with Gasteiger partial charge in [-0.05, 0) is 50.8 Å². The van der Waals surface area contributed by atoms with E-state index in [1.165, 1.54) is 0 Å². The summed E-state index contributed by atoms with van der Waals surface area (Å²) in [6, 6.07) is 8.34. The third kappa shape index (κ3) is 3.24. The second kappa shape index (κ2) is 6.37. The summed E-state index contributed by atoms with van der Waals surface area (Å²) in [6.45, 7) is 3.96. The molecule has 2 aliphatic rings. The van der Waals surface area contributed by atoms with Gasteiger partial charge in [0.05, 0.1) is 12.0 Å². The maximum absolute atomic E-state index is 12.9. The Morgan fingerprint density at radius 2 is 2.10 bits per heavy atom. The lowest BCUT2D eigenvalue weighted by molar-refractivity contribution is -0.139. The van der Waals surface area contributed by atoms with Crippen molar-refractivity contribution in [2.75, 3.05) is 13.1 Å². The molecular formula is C17H23ClN2O. The van der Waals surface area contributed by atoms with Crippen molar-refractivity contribution < 1.29 is 4.79 Å². The number of carbonyl (C=O) groups is 1. The van der Waals surface area contributed by atoms with Crippen LogP contribution in [0.3, 0.4) is 0 Å². The van der Waals surface area contributed by atoms with E-state index >= 15 is 0 Å². The number of piperidine rings is 1. The molecule has 1 saturated carbocycles. The van der Waals surface area contributed by atoms with Crippen molar-refractivity contribution in [2.45, 2.75) is 44.7 Å². The molecule has 2 unspecified atom stereocenters. The summed E-state index contributed by atoms with van der Waals surface area (Å²) in [7, 11) is 0. The number of hydrogen-bond acceptors (Lipinski definition) is 2. The van der Waals surface area contributed by atoms with E-state index < -0.39 is 0 Å². The Kier molecular flexibility index (Phi) is 4.51. The van der Waals surface area contributed by atoms with Crippen LogP contribution in [0.2, 0.25) is 5.02 Å². The largest absolute Gasteiger partial charge is 0.333 e. The zero-order valence-electron chi connectivity index (χ0n) is 12.5. The third-order valence-corrected chi connectivity index (χ3v) is 4.96. The Morgan fingerprint density at radius 3 is 2.71 bits per heavy atom. The van der Waals surface area contributed by atoms with Gasteiger partial charge in [0.25, 0.3) is 0 Å². The molecule has 1 aromatic carbocycles. The van der Waals surface area contributed by atoms with Crippen molar-refractivity contribution in [1.29, 1.82) is 0 Å². The summed E-state index contributed by atoms with van der Waals surface area (Å²) < 4.78 is 0. The van der Waals surface area contributed by atoms with Gasteiger partial charge in [0.1, 0.15) is 0 Å². The molecule has 1 saturated heterocycles. The highest BCUT2D eigenvalue weighted by molar-refractivity contribution is 6.31. The molecule has 3 nitrogen and oxygen atoms in total. The van der Waals surface area contributed by atoms with Crippen molar-refractivity contribution in [3.05, 3.63) is 34.9 Å². The molecule has 1 amide bonds. The Morgan fingerprint density at radius 1 is 1.33 bits per heavy atom. The van der Waals surface area contributed by atoms with Gasteiger partial charge in [0, 0.05) is 17.6 Å². The average Bonchev–Trinajstić information content (AvgIpc) is 3.33. The van der Waals surface area contributed by atoms with Crippen LogP contribution < -0.4 is 5.32 Å². The van der Waals surface area contributed by atoms with Crippen molar-refractivity contribution in [3.63, 3.8) is 0 Å². The molecule has 1 N–H and O–H groups in total. The first-order chi connectivity index (χ1) is 10.2. The summed E-state index contributed by atoms with van der Waals surface area (Å²) in [5.41, 5.74) is 1.06. The quantitative estimate of drug-likeness (QED) is 0.925. The maximum atomic E-state index is 12.9. The average molecular weight is 307 g/mol. The number of hydrogen-bond donors (Lipinski definition) is 1. The van der Waals surface area contributed by atoms with Gasteiger partial charge < -0.3 is 10.2 Å². The van der Waals surface area contributed by atoms with E-state index in [1.807, 2.05) is 24.3 Å². The Hall–Kier alpha value is -1.06. The molecule has 2 fully saturated rings. The normalized spacial score (nSPS) is 23.6. The molecule has 3 rings (SSSR count). The van der Waals surface area contributed by atoms with E-state index in [2.05, 4.69) is 17.1 Å². The summed E-state index contributed by atoms with van der Waals surface area (Å²) in [5.74, 6) is 0.432. The van der Waals surface area contributed by atoms with Crippen molar-refractivity contribution >= 4 is 17.5 Å². The molecule has 1 heterocycles. The second-order valence-electron chi connectivity index (χ2n) is 6.22. The van der Waals surface area contributed by atoms with Gasteiger partial charge in [-0.2, -0.15) is 0 Å². The van der Waals surface area contributed by atoms with E-state index in [9.17, 15) is 4.79 Å². The molecule has 0 aromatic heterocycles. The number of halogens is 1. The highest BCUT2D eigenvalue weighted by Crippen LogP contribution is 2.38. The summed E-state index contributed by atoms with van der Waals surface area (Å²) in [5, 5.41) is 4.10. The predicted octanol–water partition coefficient (Wildman–Crippen LogP) is 3.39. The third-order valence-electron chi connectivity index (χ3n) is 4.61. The fraction of sp³-hybridized carbons (Fsp3) is 0.588. The molecule has 0 spiro atoms. The number of benzene rings is 1. The Bertz CT molecular complexity index is 509. The molecule has 1 aliphatic heterocycles. The molecule has 1 aromatic rings. The number of nitrogens with one attached hydrogen (secondary N) is 1. The van der Waals surface area contributed by atoms with Crippen LogP contribution in [0.5, 0.6) is 0 Å². The first kappa shape index (κ1) is 14.9. The molecule has 21 heavy (non-hydrogen) atoms. The second-order valence-corrected chi connectivity index (χ2v) is 6.62. The van der Waals surface area contributed by atoms with Crippen LogP contribution in [0, 0.1) is 5.92 Å². The molecule has 1 aliphatic carbocycles. The van der Waals surface area contributed by atoms with Gasteiger partial charge >= 0.3 is 0 Å². The lowest BCUT2D eigenvalue weighted by atomic mass is 9.96. The van der Waals surface area contributed by atoms with Crippen LogP contribution in [-0.2, 0) is 4.79 Å². The SMILES string of the molecule is CC(c1ccccc1Cl)N(C(=O)C1CCCNC1)C1CC1. The van der Waals surface area contributed by atoms with Gasteiger partial charge in [-0.15, -0.1) is 0 Å². The van der Waals surface area contributed by atoms with Gasteiger partial charge in [0.15, 0.2) is 0 Å². The molecular weight excluding hydrogens is 284 g/mol. The molecule has 114 valence electrons. The van der Waals surface area contributed by atoms with Gasteiger partial charge in [-0.3, -0.25) is 4.79 Å². The zero-order chi connectivity index (χ0) is 14.8. The number of nitrogens with zero attached hydrogens (tertiary/aromatic N) is 1. The van der Waals surface area contributed by atoms with Crippen LogP contribution in [0.1, 0.15) is 44.2 Å². The Labute approximate surface area is 131 Å². The maximum Gasteiger partial charge on any atom is 0.227 e. The van der Waals surface area contributed by atoms with Crippen LogP contribution in [0.4, 0.5) is 0 Å². The first-order valence-electron chi connectivity index (χ1n) is 7.96. The van der Waals surface area contributed by atoms with Crippen molar-refractivity contribution in [2.24, 2.45) is 5.92 Å². The molecule has 4 heteroatoms. The minimum atomic E-state index is 0.0561. The van der Waals surface area contributed by atoms with Crippen molar-refractivity contribution in [3.8, 4) is 0 Å². The molecule has 0 radical (unpaired) electrons. The first-order valence-corrected chi connectivity index (χ1v) is 8.33. The van der Waals surface area contributed by atoms with Gasteiger partial charge in [0.2, 0.25) is 5.91 Å². The van der Waals surface area contributed by atoms with Crippen LogP contribution in [0.25, 0.3) is 0 Å². The van der Waals surface area contributed by atoms with E-state index in [0.717, 1.165) is 49.4 Å². The monoisotopic (exact) mass is 306 g/mol. The smallest absolute Gasteiger partial charge is 0.227 e. The molecule has 0 bridgehead atoms. The van der Waals surface area contributed by atoms with E-state index in [0.29, 0.717) is 11.9 Å². The lowest BCUT2D eigenvalue weighted by Crippen LogP contribution is -2.45. The standard InChI is InChI=1S/C17H23ClN2O/c1-12(15-6-2-3-7-16(15)18)20(14-8-9-14)17(21)13-5-4-10-19-11-13/h2-3,6-7,12-14,19H,4-5,8-11H2,1H3. The fourth-order valence-electron chi connectivity index (χ4n) is 3.28. The predicted molar refractivity (Wildman–Crippen MR) is 85.3 cm³/mol. The van der Waals surface area contributed by atoms with E-state index in [1.54, 1.807) is 0 Å². The number of rotatable bonds is 4. The summed E-state index contributed by atoms with van der Waals surface area (Å²) in [4.78, 5) is 15.0. The van der Waals surface area contributed by atoms with Crippen molar-refractivity contribution in [1.82, 2.24) is 10.2 Å². The minimum Gasteiger partial charge on any atom is -0.333 e. The highest BCUT2D eigenvalue weighted by atomic mass is 35.5. The lowest BCUT2D eigenvalue weighted by Gasteiger charge is -2.34.